The Morgan fingerprint density at radius 3 is 2.52 bits per heavy atom. The molecule has 25 heavy (non-hydrogen) atoms. The van der Waals surface area contributed by atoms with Crippen LogP contribution in [0, 0.1) is 0 Å². The van der Waals surface area contributed by atoms with Crippen molar-refractivity contribution >= 4 is 5.96 Å². The minimum Gasteiger partial charge on any atom is -0.493 e. The summed E-state index contributed by atoms with van der Waals surface area (Å²) in [5.74, 6) is 2.39. The van der Waals surface area contributed by atoms with Gasteiger partial charge in [-0.15, -0.1) is 6.58 Å². The lowest BCUT2D eigenvalue weighted by Crippen LogP contribution is -2.44. The lowest BCUT2D eigenvalue weighted by atomic mass is 9.84. The molecule has 0 aliphatic rings. The molecule has 0 aliphatic heterocycles. The molecule has 0 spiro atoms. The van der Waals surface area contributed by atoms with E-state index in [2.05, 4.69) is 48.7 Å². The normalized spacial score (nSPS) is 11.8. The van der Waals surface area contributed by atoms with Crippen LogP contribution in [0.15, 0.2) is 35.8 Å². The Bertz CT molecular complexity index is 582. The first-order valence-electron chi connectivity index (χ1n) is 8.64. The third-order valence-corrected chi connectivity index (χ3v) is 4.33. The zero-order valence-electron chi connectivity index (χ0n) is 16.6. The van der Waals surface area contributed by atoms with E-state index in [0.717, 1.165) is 43.4 Å². The van der Waals surface area contributed by atoms with Crippen LogP contribution in [-0.4, -0.2) is 52.3 Å². The lowest BCUT2D eigenvalue weighted by Gasteiger charge is -2.29. The smallest absolute Gasteiger partial charge is 0.193 e. The number of benzene rings is 1. The second kappa shape index (κ2) is 9.97. The molecule has 0 saturated heterocycles. The summed E-state index contributed by atoms with van der Waals surface area (Å²) in [7, 11) is 7.18. The first-order valence-corrected chi connectivity index (χ1v) is 8.64. The van der Waals surface area contributed by atoms with Crippen LogP contribution in [0.2, 0.25) is 0 Å². The minimum atomic E-state index is -0.0859. The molecule has 0 unspecified atom stereocenters. The van der Waals surface area contributed by atoms with Gasteiger partial charge in [-0.2, -0.15) is 0 Å². The average molecular weight is 348 g/mol. The molecule has 1 N–H and O–H groups in total. The molecule has 5 heteroatoms. The van der Waals surface area contributed by atoms with Gasteiger partial charge in [-0.05, 0) is 30.5 Å². The predicted octanol–water partition coefficient (Wildman–Crippen LogP) is 3.45. The van der Waals surface area contributed by atoms with Gasteiger partial charge in [-0.3, -0.25) is 4.99 Å². The van der Waals surface area contributed by atoms with Crippen molar-refractivity contribution in [2.24, 2.45) is 4.99 Å². The summed E-state index contributed by atoms with van der Waals surface area (Å²) < 4.78 is 10.8. The number of rotatable bonds is 9. The van der Waals surface area contributed by atoms with Crippen LogP contribution < -0.4 is 14.8 Å². The molecule has 0 aliphatic carbocycles. The van der Waals surface area contributed by atoms with E-state index in [1.807, 2.05) is 25.3 Å². The van der Waals surface area contributed by atoms with Crippen LogP contribution in [0.5, 0.6) is 11.5 Å². The summed E-state index contributed by atoms with van der Waals surface area (Å²) in [6.45, 7) is 9.88. The molecule has 0 bridgehead atoms. The van der Waals surface area contributed by atoms with Crippen LogP contribution in [-0.2, 0) is 5.41 Å². The maximum absolute atomic E-state index is 5.43. The Morgan fingerprint density at radius 1 is 1.28 bits per heavy atom. The second-order valence-corrected chi connectivity index (χ2v) is 6.71. The van der Waals surface area contributed by atoms with E-state index >= 15 is 0 Å². The number of guanidine groups is 1. The minimum absolute atomic E-state index is 0.0859. The highest BCUT2D eigenvalue weighted by atomic mass is 16.5. The number of hydrogen-bond acceptors (Lipinski definition) is 3. The Hall–Kier alpha value is -2.17. The molecule has 5 nitrogen and oxygen atoms in total. The third kappa shape index (κ3) is 6.00. The van der Waals surface area contributed by atoms with Gasteiger partial charge < -0.3 is 19.7 Å². The molecular formula is C20H33N3O2. The van der Waals surface area contributed by atoms with Crippen molar-refractivity contribution in [3.05, 3.63) is 36.4 Å². The number of nitrogens with one attached hydrogen (secondary N) is 1. The van der Waals surface area contributed by atoms with E-state index in [-0.39, 0.29) is 5.41 Å². The van der Waals surface area contributed by atoms with E-state index in [9.17, 15) is 0 Å². The highest BCUT2D eigenvalue weighted by molar-refractivity contribution is 5.79. The monoisotopic (exact) mass is 347 g/mol. The zero-order valence-corrected chi connectivity index (χ0v) is 16.6. The fraction of sp³-hybridized carbons (Fsp3) is 0.550. The molecular weight excluding hydrogens is 314 g/mol. The predicted molar refractivity (Wildman–Crippen MR) is 106 cm³/mol. The molecule has 1 rings (SSSR count). The van der Waals surface area contributed by atoms with Gasteiger partial charge in [0.25, 0.3) is 0 Å². The van der Waals surface area contributed by atoms with Gasteiger partial charge in [-0.25, -0.2) is 0 Å². The number of unbranched alkanes of at least 4 members (excludes halogenated alkanes) is 1. The van der Waals surface area contributed by atoms with Gasteiger partial charge in [0.05, 0.1) is 14.2 Å². The number of allylic oxidation sites excluding steroid dienone is 1. The SMILES string of the molecule is C=CCCCN(C)C(=NC)NCC(C)(C)c1ccc(OC)c(OC)c1. The number of nitrogens with zero attached hydrogens (tertiary/aromatic N) is 2. The van der Waals surface area contributed by atoms with Gasteiger partial charge in [0.2, 0.25) is 0 Å². The summed E-state index contributed by atoms with van der Waals surface area (Å²) in [5, 5.41) is 3.48. The molecule has 0 fully saturated rings. The number of ether oxygens (including phenoxy) is 2. The van der Waals surface area contributed by atoms with E-state index in [4.69, 9.17) is 9.47 Å². The maximum atomic E-state index is 5.43. The number of hydrogen-bond donors (Lipinski definition) is 1. The lowest BCUT2D eigenvalue weighted by molar-refractivity contribution is 0.353. The van der Waals surface area contributed by atoms with Crippen molar-refractivity contribution in [3.63, 3.8) is 0 Å². The highest BCUT2D eigenvalue weighted by Crippen LogP contribution is 2.32. The van der Waals surface area contributed by atoms with Crippen molar-refractivity contribution in [2.75, 3.05) is 41.4 Å². The molecule has 140 valence electrons. The Morgan fingerprint density at radius 2 is 1.96 bits per heavy atom. The average Bonchev–Trinajstić information content (AvgIpc) is 2.61. The van der Waals surface area contributed by atoms with Gasteiger partial charge in [0, 0.05) is 32.6 Å². The molecule has 0 heterocycles. The maximum Gasteiger partial charge on any atom is 0.193 e. The quantitative estimate of drug-likeness (QED) is 0.322. The van der Waals surface area contributed by atoms with E-state index in [1.54, 1.807) is 14.2 Å². The third-order valence-electron chi connectivity index (χ3n) is 4.33. The molecule has 0 saturated carbocycles. The molecule has 0 radical (unpaired) electrons. The molecule has 0 amide bonds. The Labute approximate surface area is 152 Å². The molecule has 0 atom stereocenters. The number of methoxy groups -OCH3 is 2. The van der Waals surface area contributed by atoms with Gasteiger partial charge in [-0.1, -0.05) is 26.0 Å². The van der Waals surface area contributed by atoms with Crippen molar-refractivity contribution in [1.29, 1.82) is 0 Å². The van der Waals surface area contributed by atoms with Crippen molar-refractivity contribution in [2.45, 2.75) is 32.1 Å². The number of aliphatic imine (C=N–C) groups is 1. The standard InChI is InChI=1S/C20H33N3O2/c1-8-9-10-13-23(5)19(21-4)22-15-20(2,3)16-11-12-17(24-6)18(14-16)25-7/h8,11-12,14H,1,9-10,13,15H2,2-7H3,(H,21,22). The largest absolute Gasteiger partial charge is 0.493 e. The Balaban J connectivity index is 2.77. The fourth-order valence-corrected chi connectivity index (χ4v) is 2.62. The highest BCUT2D eigenvalue weighted by Gasteiger charge is 2.23. The first kappa shape index (κ1) is 20.9. The topological polar surface area (TPSA) is 46.1 Å². The Kier molecular flexibility index (Phi) is 8.32. The van der Waals surface area contributed by atoms with Crippen molar-refractivity contribution < 1.29 is 9.47 Å². The molecule has 1 aromatic carbocycles. The summed E-state index contributed by atoms with van der Waals surface area (Å²) in [6.07, 6.45) is 4.03. The van der Waals surface area contributed by atoms with Crippen LogP contribution in [0.3, 0.4) is 0 Å². The van der Waals surface area contributed by atoms with Crippen LogP contribution in [0.4, 0.5) is 0 Å². The van der Waals surface area contributed by atoms with Gasteiger partial charge in [0.15, 0.2) is 17.5 Å². The zero-order chi connectivity index (χ0) is 18.9. The first-order chi connectivity index (χ1) is 11.9. The van der Waals surface area contributed by atoms with Crippen molar-refractivity contribution in [1.82, 2.24) is 10.2 Å². The van der Waals surface area contributed by atoms with Crippen LogP contribution >= 0.6 is 0 Å². The molecule has 1 aromatic rings. The summed E-state index contributed by atoms with van der Waals surface area (Å²) in [4.78, 5) is 6.53. The molecule has 0 aromatic heterocycles. The van der Waals surface area contributed by atoms with Crippen molar-refractivity contribution in [3.8, 4) is 11.5 Å². The van der Waals surface area contributed by atoms with E-state index < -0.39 is 0 Å². The van der Waals surface area contributed by atoms with Gasteiger partial charge in [0.1, 0.15) is 0 Å². The second-order valence-electron chi connectivity index (χ2n) is 6.71. The van der Waals surface area contributed by atoms with E-state index in [1.165, 1.54) is 5.56 Å². The van der Waals surface area contributed by atoms with E-state index in [0.29, 0.717) is 0 Å². The summed E-state index contributed by atoms with van der Waals surface area (Å²) in [5.41, 5.74) is 1.10. The van der Waals surface area contributed by atoms with Gasteiger partial charge >= 0.3 is 0 Å². The van der Waals surface area contributed by atoms with Crippen LogP contribution in [0.25, 0.3) is 0 Å². The fourth-order valence-electron chi connectivity index (χ4n) is 2.62. The summed E-state index contributed by atoms with van der Waals surface area (Å²) in [6, 6.07) is 6.07. The summed E-state index contributed by atoms with van der Waals surface area (Å²) >= 11 is 0. The van der Waals surface area contributed by atoms with Crippen LogP contribution in [0.1, 0.15) is 32.3 Å².